The SMILES string of the molecule is Cc1cccc(C)c1Nc1cnc(C(=O)NC2CCS(=O)(=O)C2)cn1. The molecule has 1 aromatic carbocycles. The normalized spacial score (nSPS) is 18.7. The van der Waals surface area contributed by atoms with Gasteiger partial charge in [0, 0.05) is 11.7 Å². The number of amides is 1. The molecule has 0 radical (unpaired) electrons. The molecule has 0 aliphatic carbocycles. The van der Waals surface area contributed by atoms with Crippen LogP contribution < -0.4 is 10.6 Å². The fourth-order valence-corrected chi connectivity index (χ4v) is 4.49. The highest BCUT2D eigenvalue weighted by Crippen LogP contribution is 2.22. The van der Waals surface area contributed by atoms with Crippen molar-refractivity contribution in [1.82, 2.24) is 15.3 Å². The summed E-state index contributed by atoms with van der Waals surface area (Å²) in [6.07, 6.45) is 3.31. The van der Waals surface area contributed by atoms with Crippen LogP contribution in [0.3, 0.4) is 0 Å². The van der Waals surface area contributed by atoms with Crippen LogP contribution in [0.15, 0.2) is 30.6 Å². The Balaban J connectivity index is 1.67. The van der Waals surface area contributed by atoms with Gasteiger partial charge in [0.2, 0.25) is 0 Å². The number of hydrogen-bond donors (Lipinski definition) is 2. The van der Waals surface area contributed by atoms with E-state index in [2.05, 4.69) is 20.6 Å². The number of carbonyl (C=O) groups excluding carboxylic acids is 1. The van der Waals surface area contributed by atoms with E-state index in [1.807, 2.05) is 32.0 Å². The molecule has 3 rings (SSSR count). The Morgan fingerprint density at radius 3 is 2.44 bits per heavy atom. The lowest BCUT2D eigenvalue weighted by molar-refractivity contribution is 0.0935. The Morgan fingerprint density at radius 1 is 1.16 bits per heavy atom. The zero-order chi connectivity index (χ0) is 18.0. The summed E-state index contributed by atoms with van der Waals surface area (Å²) >= 11 is 0. The van der Waals surface area contributed by atoms with Gasteiger partial charge in [0.25, 0.3) is 5.91 Å². The molecule has 1 aromatic heterocycles. The van der Waals surface area contributed by atoms with Gasteiger partial charge in [-0.05, 0) is 31.4 Å². The molecule has 0 spiro atoms. The number of nitrogens with one attached hydrogen (secondary N) is 2. The topological polar surface area (TPSA) is 101 Å². The molecule has 1 saturated heterocycles. The van der Waals surface area contributed by atoms with Gasteiger partial charge in [-0.25, -0.2) is 18.4 Å². The minimum atomic E-state index is -3.03. The Bertz CT molecular complexity index is 874. The number of hydrogen-bond acceptors (Lipinski definition) is 6. The van der Waals surface area contributed by atoms with Gasteiger partial charge in [-0.1, -0.05) is 18.2 Å². The van der Waals surface area contributed by atoms with Crippen molar-refractivity contribution in [3.63, 3.8) is 0 Å². The van der Waals surface area contributed by atoms with E-state index in [-0.39, 0.29) is 23.2 Å². The molecular weight excluding hydrogens is 340 g/mol. The lowest BCUT2D eigenvalue weighted by Gasteiger charge is -2.12. The molecule has 1 fully saturated rings. The predicted octanol–water partition coefficient (Wildman–Crippen LogP) is 1.75. The monoisotopic (exact) mass is 360 g/mol. The third-order valence-corrected chi connectivity index (χ3v) is 5.95. The smallest absolute Gasteiger partial charge is 0.271 e. The van der Waals surface area contributed by atoms with Crippen LogP contribution in [0.1, 0.15) is 28.0 Å². The molecule has 1 aliphatic heterocycles. The van der Waals surface area contributed by atoms with Crippen LogP contribution in [0.2, 0.25) is 0 Å². The summed E-state index contributed by atoms with van der Waals surface area (Å²) in [6, 6.07) is 5.63. The summed E-state index contributed by atoms with van der Waals surface area (Å²) in [5.74, 6) is 0.228. The Hall–Kier alpha value is -2.48. The lowest BCUT2D eigenvalue weighted by Crippen LogP contribution is -2.36. The molecule has 0 saturated carbocycles. The summed E-state index contributed by atoms with van der Waals surface area (Å²) in [5.41, 5.74) is 3.30. The van der Waals surface area contributed by atoms with Gasteiger partial charge >= 0.3 is 0 Å². The standard InChI is InChI=1S/C17H20N4O3S/c1-11-4-3-5-12(2)16(11)21-15-9-18-14(8-19-15)17(22)20-13-6-7-25(23,24)10-13/h3-5,8-9,13H,6-7,10H2,1-2H3,(H,19,21)(H,20,22). The van der Waals surface area contributed by atoms with Crippen LogP contribution in [-0.2, 0) is 9.84 Å². The molecule has 1 aliphatic rings. The maximum atomic E-state index is 12.2. The third-order valence-electron chi connectivity index (χ3n) is 4.19. The average molecular weight is 360 g/mol. The molecule has 132 valence electrons. The summed E-state index contributed by atoms with van der Waals surface area (Å²) < 4.78 is 22.9. The van der Waals surface area contributed by atoms with Crippen molar-refractivity contribution in [3.05, 3.63) is 47.4 Å². The van der Waals surface area contributed by atoms with Crippen molar-refractivity contribution in [2.24, 2.45) is 0 Å². The van der Waals surface area contributed by atoms with Crippen molar-refractivity contribution in [2.75, 3.05) is 16.8 Å². The fourth-order valence-electron chi connectivity index (χ4n) is 2.82. The molecule has 1 amide bonds. The minimum Gasteiger partial charge on any atom is -0.347 e. The van der Waals surface area contributed by atoms with Gasteiger partial charge in [-0.2, -0.15) is 0 Å². The quantitative estimate of drug-likeness (QED) is 0.861. The molecule has 2 aromatic rings. The number of nitrogens with zero attached hydrogens (tertiary/aromatic N) is 2. The molecule has 1 atom stereocenters. The summed E-state index contributed by atoms with van der Waals surface area (Å²) in [4.78, 5) is 20.5. The second kappa shape index (κ2) is 6.79. The van der Waals surface area contributed by atoms with Crippen LogP contribution in [-0.4, -0.2) is 41.8 Å². The van der Waals surface area contributed by atoms with Crippen molar-refractivity contribution < 1.29 is 13.2 Å². The van der Waals surface area contributed by atoms with Gasteiger partial charge in [0.15, 0.2) is 9.84 Å². The van der Waals surface area contributed by atoms with Crippen molar-refractivity contribution in [1.29, 1.82) is 0 Å². The highest BCUT2D eigenvalue weighted by Gasteiger charge is 2.29. The Morgan fingerprint density at radius 2 is 1.88 bits per heavy atom. The maximum Gasteiger partial charge on any atom is 0.271 e. The number of anilines is 2. The van der Waals surface area contributed by atoms with Crippen LogP contribution in [0, 0.1) is 13.8 Å². The first-order chi connectivity index (χ1) is 11.8. The molecule has 0 bridgehead atoms. The van der Waals surface area contributed by atoms with E-state index < -0.39 is 15.7 Å². The van der Waals surface area contributed by atoms with Crippen LogP contribution in [0.25, 0.3) is 0 Å². The molecule has 2 N–H and O–H groups in total. The van der Waals surface area contributed by atoms with Gasteiger partial charge in [0.05, 0.1) is 23.9 Å². The summed E-state index contributed by atoms with van der Waals surface area (Å²) in [5, 5.41) is 5.90. The number of aryl methyl sites for hydroxylation is 2. The first-order valence-corrected chi connectivity index (χ1v) is 9.83. The molecule has 7 nitrogen and oxygen atoms in total. The highest BCUT2D eigenvalue weighted by atomic mass is 32.2. The van der Waals surface area contributed by atoms with E-state index in [9.17, 15) is 13.2 Å². The van der Waals surface area contributed by atoms with Crippen molar-refractivity contribution in [3.8, 4) is 0 Å². The van der Waals surface area contributed by atoms with Gasteiger partial charge in [-0.3, -0.25) is 4.79 Å². The second-order valence-corrected chi connectivity index (χ2v) is 8.48. The largest absolute Gasteiger partial charge is 0.347 e. The zero-order valence-corrected chi connectivity index (χ0v) is 14.9. The van der Waals surface area contributed by atoms with E-state index in [0.717, 1.165) is 16.8 Å². The Labute approximate surface area is 146 Å². The predicted molar refractivity (Wildman–Crippen MR) is 95.8 cm³/mol. The highest BCUT2D eigenvalue weighted by molar-refractivity contribution is 7.91. The zero-order valence-electron chi connectivity index (χ0n) is 14.1. The first-order valence-electron chi connectivity index (χ1n) is 8.00. The number of benzene rings is 1. The molecule has 25 heavy (non-hydrogen) atoms. The van der Waals surface area contributed by atoms with Crippen LogP contribution in [0.4, 0.5) is 11.5 Å². The van der Waals surface area contributed by atoms with E-state index in [0.29, 0.717) is 12.2 Å². The number of aromatic nitrogens is 2. The van der Waals surface area contributed by atoms with Gasteiger partial charge < -0.3 is 10.6 Å². The second-order valence-electron chi connectivity index (χ2n) is 6.25. The van der Waals surface area contributed by atoms with E-state index in [4.69, 9.17) is 0 Å². The van der Waals surface area contributed by atoms with E-state index >= 15 is 0 Å². The van der Waals surface area contributed by atoms with Crippen molar-refractivity contribution >= 4 is 27.2 Å². The van der Waals surface area contributed by atoms with E-state index in [1.165, 1.54) is 12.4 Å². The maximum absolute atomic E-state index is 12.2. The summed E-state index contributed by atoms with van der Waals surface area (Å²) in [6.45, 7) is 4.00. The third kappa shape index (κ3) is 4.14. The molecule has 2 heterocycles. The minimum absolute atomic E-state index is 0.0155. The van der Waals surface area contributed by atoms with Crippen LogP contribution in [0.5, 0.6) is 0 Å². The van der Waals surface area contributed by atoms with Gasteiger partial charge in [0.1, 0.15) is 11.5 Å². The molecule has 1 unspecified atom stereocenters. The van der Waals surface area contributed by atoms with Crippen LogP contribution >= 0.6 is 0 Å². The fraction of sp³-hybridized carbons (Fsp3) is 0.353. The number of para-hydroxylation sites is 1. The molecule has 8 heteroatoms. The number of carbonyl (C=O) groups is 1. The van der Waals surface area contributed by atoms with E-state index in [1.54, 1.807) is 0 Å². The average Bonchev–Trinajstić information content (AvgIpc) is 2.90. The number of sulfone groups is 1. The number of rotatable bonds is 4. The molecular formula is C17H20N4O3S. The summed E-state index contributed by atoms with van der Waals surface area (Å²) in [7, 11) is -3.03. The lowest BCUT2D eigenvalue weighted by atomic mass is 10.1. The first kappa shape index (κ1) is 17.3. The van der Waals surface area contributed by atoms with Gasteiger partial charge in [-0.15, -0.1) is 0 Å². The van der Waals surface area contributed by atoms with Crippen molar-refractivity contribution in [2.45, 2.75) is 26.3 Å². The Kier molecular flexibility index (Phi) is 4.71.